The SMILES string of the molecule is CC(F)(F)c1nc(C23CCC(CN(C(=O)C4CC(O)(C(F)(F)F)C4)c4cccc(C(F)(F)F)c4)(CC2)CC3)no1. The molecule has 14 heteroatoms. The molecule has 0 radical (unpaired) electrons. The molecule has 6 rings (SSSR count). The first-order chi connectivity index (χ1) is 18.4. The molecule has 220 valence electrons. The van der Waals surface area contributed by atoms with Crippen LogP contribution < -0.4 is 4.90 Å². The highest BCUT2D eigenvalue weighted by Gasteiger charge is 2.63. The number of amides is 1. The number of anilines is 1. The molecule has 2 bridgehead atoms. The summed E-state index contributed by atoms with van der Waals surface area (Å²) in [6, 6.07) is 4.07. The van der Waals surface area contributed by atoms with Crippen LogP contribution in [0.4, 0.5) is 40.8 Å². The van der Waals surface area contributed by atoms with Crippen molar-refractivity contribution >= 4 is 11.6 Å². The van der Waals surface area contributed by atoms with Crippen molar-refractivity contribution < 1.29 is 49.5 Å². The molecule has 40 heavy (non-hydrogen) atoms. The highest BCUT2D eigenvalue weighted by molar-refractivity contribution is 5.96. The third-order valence-corrected chi connectivity index (χ3v) is 8.97. The normalized spacial score (nSPS) is 30.7. The van der Waals surface area contributed by atoms with E-state index in [4.69, 9.17) is 4.52 Å². The van der Waals surface area contributed by atoms with Gasteiger partial charge in [0.1, 0.15) is 0 Å². The van der Waals surface area contributed by atoms with Crippen molar-refractivity contribution in [3.8, 4) is 0 Å². The highest BCUT2D eigenvalue weighted by Crippen LogP contribution is 2.58. The lowest BCUT2D eigenvalue weighted by Gasteiger charge is -2.54. The minimum atomic E-state index is -4.93. The molecule has 0 atom stereocenters. The maximum atomic E-state index is 13.6. The van der Waals surface area contributed by atoms with Crippen LogP contribution >= 0.6 is 0 Å². The lowest BCUT2D eigenvalue weighted by molar-refractivity contribution is -0.295. The molecule has 1 aromatic heterocycles. The van der Waals surface area contributed by atoms with Gasteiger partial charge in [0.15, 0.2) is 11.4 Å². The van der Waals surface area contributed by atoms with Gasteiger partial charge in [-0.3, -0.25) is 4.79 Å². The number of fused-ring (bicyclic) bond motifs is 3. The van der Waals surface area contributed by atoms with Crippen molar-refractivity contribution in [3.05, 3.63) is 41.5 Å². The van der Waals surface area contributed by atoms with E-state index in [1.165, 1.54) is 6.07 Å². The van der Waals surface area contributed by atoms with Crippen LogP contribution in [0.3, 0.4) is 0 Å². The molecule has 4 aliphatic carbocycles. The van der Waals surface area contributed by atoms with Gasteiger partial charge in [0.05, 0.1) is 5.56 Å². The van der Waals surface area contributed by atoms with Gasteiger partial charge in [-0.05, 0) is 75.0 Å². The monoisotopic (exact) mass is 581 g/mol. The van der Waals surface area contributed by atoms with E-state index in [0.717, 1.165) is 23.1 Å². The maximum absolute atomic E-state index is 13.6. The fourth-order valence-electron chi connectivity index (χ4n) is 6.32. The number of carbonyl (C=O) groups excluding carboxylic acids is 1. The van der Waals surface area contributed by atoms with Gasteiger partial charge in [-0.1, -0.05) is 11.2 Å². The standard InChI is InChI=1S/C26H27F8N3O3/c1-21(27,28)20-35-19(36-40-20)23-8-5-22(6-9-23,7-10-23)14-37(17-4-2-3-16(11-17)25(29,30)31)18(38)15-12-24(39,13-15)26(32,33)34/h2-4,11,15,39H,5-10,12-14H2,1H3. The fraction of sp³-hybridized carbons (Fsp3) is 0.654. The van der Waals surface area contributed by atoms with E-state index in [1.807, 2.05) is 0 Å². The Bertz CT molecular complexity index is 1250. The predicted octanol–water partition coefficient (Wildman–Crippen LogP) is 6.53. The number of alkyl halides is 8. The lowest BCUT2D eigenvalue weighted by atomic mass is 9.53. The first-order valence-corrected chi connectivity index (χ1v) is 12.9. The topological polar surface area (TPSA) is 79.5 Å². The minimum Gasteiger partial charge on any atom is -0.380 e. The van der Waals surface area contributed by atoms with E-state index in [1.54, 1.807) is 0 Å². The van der Waals surface area contributed by atoms with Crippen LogP contribution in [0.15, 0.2) is 28.8 Å². The van der Waals surface area contributed by atoms with Crippen LogP contribution in [0.5, 0.6) is 0 Å². The Morgan fingerprint density at radius 1 is 1.02 bits per heavy atom. The van der Waals surface area contributed by atoms with E-state index in [9.17, 15) is 45.0 Å². The van der Waals surface area contributed by atoms with E-state index in [2.05, 4.69) is 10.1 Å². The molecule has 2 aromatic rings. The molecule has 6 nitrogen and oxygen atoms in total. The smallest absolute Gasteiger partial charge is 0.380 e. The average Bonchev–Trinajstić information content (AvgIpc) is 3.37. The van der Waals surface area contributed by atoms with E-state index >= 15 is 0 Å². The Morgan fingerprint density at radius 3 is 2.12 bits per heavy atom. The summed E-state index contributed by atoms with van der Waals surface area (Å²) in [4.78, 5) is 18.5. The number of aromatic nitrogens is 2. The zero-order valence-electron chi connectivity index (χ0n) is 21.4. The van der Waals surface area contributed by atoms with E-state index in [0.29, 0.717) is 45.4 Å². The second-order valence-electron chi connectivity index (χ2n) is 11.7. The molecule has 0 saturated heterocycles. The largest absolute Gasteiger partial charge is 0.417 e. The molecule has 0 unspecified atom stereocenters. The van der Waals surface area contributed by atoms with Crippen LogP contribution in [0.1, 0.15) is 75.6 Å². The molecule has 0 aliphatic heterocycles. The number of halogens is 8. The Labute approximate surface area is 223 Å². The van der Waals surface area contributed by atoms with Gasteiger partial charge in [0, 0.05) is 30.5 Å². The Hall–Kier alpha value is -2.77. The second kappa shape index (κ2) is 9.12. The van der Waals surface area contributed by atoms with Gasteiger partial charge in [0.2, 0.25) is 5.91 Å². The predicted molar refractivity (Wildman–Crippen MR) is 123 cm³/mol. The average molecular weight is 582 g/mol. The van der Waals surface area contributed by atoms with Crippen molar-refractivity contribution in [2.45, 2.75) is 87.6 Å². The lowest BCUT2D eigenvalue weighted by Crippen LogP contribution is -2.60. The van der Waals surface area contributed by atoms with Crippen LogP contribution in [0.25, 0.3) is 0 Å². The number of hydrogen-bond acceptors (Lipinski definition) is 5. The van der Waals surface area contributed by atoms with E-state index in [-0.39, 0.29) is 18.1 Å². The number of benzene rings is 1. The van der Waals surface area contributed by atoms with Crippen LogP contribution in [0.2, 0.25) is 0 Å². The summed E-state index contributed by atoms with van der Waals surface area (Å²) in [5.74, 6) is -5.92. The van der Waals surface area contributed by atoms with Gasteiger partial charge < -0.3 is 14.5 Å². The van der Waals surface area contributed by atoms with Crippen LogP contribution in [-0.2, 0) is 22.3 Å². The summed E-state index contributed by atoms with van der Waals surface area (Å²) in [6.07, 6.45) is -8.58. The summed E-state index contributed by atoms with van der Waals surface area (Å²) in [5, 5.41) is 13.7. The van der Waals surface area contributed by atoms with Gasteiger partial charge in [-0.15, -0.1) is 0 Å². The summed E-state index contributed by atoms with van der Waals surface area (Å²) < 4.78 is 112. The Balaban J connectivity index is 1.39. The molecule has 1 aromatic carbocycles. The van der Waals surface area contributed by atoms with Crippen LogP contribution in [-0.4, -0.2) is 39.5 Å². The molecule has 4 fully saturated rings. The highest BCUT2D eigenvalue weighted by atomic mass is 19.4. The molecular formula is C26H27F8N3O3. The van der Waals surface area contributed by atoms with Crippen molar-refractivity contribution in [3.63, 3.8) is 0 Å². The first-order valence-electron chi connectivity index (χ1n) is 12.9. The van der Waals surface area contributed by atoms with Crippen molar-refractivity contribution in [1.82, 2.24) is 10.1 Å². The zero-order valence-corrected chi connectivity index (χ0v) is 21.4. The third-order valence-electron chi connectivity index (χ3n) is 8.97. The quantitative estimate of drug-likeness (QED) is 0.393. The van der Waals surface area contributed by atoms with E-state index < -0.39 is 70.8 Å². The summed E-state index contributed by atoms with van der Waals surface area (Å²) in [5.41, 5.74) is -5.28. The van der Waals surface area contributed by atoms with Crippen LogP contribution in [0, 0.1) is 11.3 Å². The molecule has 1 heterocycles. The Kier molecular flexibility index (Phi) is 6.55. The van der Waals surface area contributed by atoms with Gasteiger partial charge >= 0.3 is 18.3 Å². The minimum absolute atomic E-state index is 0.0330. The number of aliphatic hydroxyl groups is 1. The number of carbonyl (C=O) groups is 1. The maximum Gasteiger partial charge on any atom is 0.417 e. The first kappa shape index (κ1) is 28.7. The Morgan fingerprint density at radius 2 is 1.62 bits per heavy atom. The second-order valence-corrected chi connectivity index (χ2v) is 11.7. The van der Waals surface area contributed by atoms with Gasteiger partial charge in [0.25, 0.3) is 5.89 Å². The number of rotatable bonds is 6. The summed E-state index contributed by atoms with van der Waals surface area (Å²) >= 11 is 0. The van der Waals surface area contributed by atoms with Crippen molar-refractivity contribution in [2.24, 2.45) is 11.3 Å². The third kappa shape index (κ3) is 4.96. The summed E-state index contributed by atoms with van der Waals surface area (Å²) in [7, 11) is 0. The van der Waals surface area contributed by atoms with Crippen molar-refractivity contribution in [2.75, 3.05) is 11.4 Å². The molecule has 0 spiro atoms. The molecule has 1 amide bonds. The fourth-order valence-corrected chi connectivity index (χ4v) is 6.32. The molecular weight excluding hydrogens is 554 g/mol. The molecule has 4 aliphatic rings. The van der Waals surface area contributed by atoms with Gasteiger partial charge in [-0.25, -0.2) is 0 Å². The van der Waals surface area contributed by atoms with Crippen molar-refractivity contribution in [1.29, 1.82) is 0 Å². The van der Waals surface area contributed by atoms with Gasteiger partial charge in [-0.2, -0.15) is 40.1 Å². The number of nitrogens with zero attached hydrogens (tertiary/aromatic N) is 3. The number of hydrogen-bond donors (Lipinski definition) is 1. The molecule has 1 N–H and O–H groups in total. The summed E-state index contributed by atoms with van der Waals surface area (Å²) in [6.45, 7) is 0.612. The molecule has 4 saturated carbocycles. The zero-order chi connectivity index (χ0) is 29.4.